The van der Waals surface area contributed by atoms with E-state index in [9.17, 15) is 13.5 Å². The Morgan fingerprint density at radius 1 is 1.61 bits per heavy atom. The minimum Gasteiger partial charge on any atom is -0.393 e. The van der Waals surface area contributed by atoms with E-state index in [1.54, 1.807) is 0 Å². The van der Waals surface area contributed by atoms with Crippen molar-refractivity contribution in [3.63, 3.8) is 0 Å². The summed E-state index contributed by atoms with van der Waals surface area (Å²) in [5.74, 6) is 0. The lowest BCUT2D eigenvalue weighted by Crippen LogP contribution is -2.39. The molecular formula is C9H14BrN3O4S. The molecule has 9 heteroatoms. The molecule has 1 saturated heterocycles. The Hall–Kier alpha value is -0.480. The van der Waals surface area contributed by atoms with E-state index in [4.69, 9.17) is 5.11 Å². The lowest BCUT2D eigenvalue weighted by Gasteiger charge is -2.20. The molecule has 1 unspecified atom stereocenters. The fraction of sp³-hybridized carbons (Fsp3) is 0.667. The molecular weight excluding hydrogens is 326 g/mol. The minimum absolute atomic E-state index is 0.0460. The maximum atomic E-state index is 12.4. The average Bonchev–Trinajstić information content (AvgIpc) is 2.84. The fourth-order valence-electron chi connectivity index (χ4n) is 1.97. The van der Waals surface area contributed by atoms with Gasteiger partial charge in [0.2, 0.25) is 0 Å². The van der Waals surface area contributed by atoms with Gasteiger partial charge in [0.05, 0.1) is 17.3 Å². The largest absolute Gasteiger partial charge is 0.393 e. The summed E-state index contributed by atoms with van der Waals surface area (Å²) >= 11 is 3.14. The van der Waals surface area contributed by atoms with Crippen LogP contribution in [0.5, 0.6) is 0 Å². The van der Waals surface area contributed by atoms with Gasteiger partial charge < -0.3 is 10.2 Å². The first-order valence-electron chi connectivity index (χ1n) is 5.31. The summed E-state index contributed by atoms with van der Waals surface area (Å²) < 4.78 is 27.6. The molecule has 0 amide bonds. The Bertz CT molecular complexity index is 539. The molecule has 18 heavy (non-hydrogen) atoms. The van der Waals surface area contributed by atoms with Crippen LogP contribution in [0.2, 0.25) is 0 Å². The van der Waals surface area contributed by atoms with Gasteiger partial charge in [-0.05, 0) is 22.4 Å². The van der Waals surface area contributed by atoms with Crippen molar-refractivity contribution < 1.29 is 18.6 Å². The molecule has 0 aromatic carbocycles. The zero-order valence-electron chi connectivity index (χ0n) is 9.74. The normalized spacial score (nSPS) is 25.8. The molecule has 1 fully saturated rings. The van der Waals surface area contributed by atoms with Gasteiger partial charge in [-0.15, -0.1) is 0 Å². The molecule has 0 saturated carbocycles. The Labute approximate surface area is 113 Å². The van der Waals surface area contributed by atoms with Crippen LogP contribution >= 0.6 is 15.9 Å². The van der Waals surface area contributed by atoms with Crippen LogP contribution in [-0.4, -0.2) is 58.0 Å². The molecule has 2 N–H and O–H groups in total. The highest BCUT2D eigenvalue weighted by atomic mass is 79.9. The van der Waals surface area contributed by atoms with Crippen molar-refractivity contribution in [3.8, 4) is 0 Å². The number of hydrogen-bond donors (Lipinski definition) is 2. The van der Waals surface area contributed by atoms with Crippen molar-refractivity contribution >= 4 is 26.0 Å². The summed E-state index contributed by atoms with van der Waals surface area (Å²) in [6.07, 6.45) is 1.62. The molecule has 7 nitrogen and oxygen atoms in total. The minimum atomic E-state index is -3.72. The first kappa shape index (κ1) is 13.9. The highest BCUT2D eigenvalue weighted by molar-refractivity contribution is 9.10. The Balaban J connectivity index is 2.35. The number of aliphatic hydroxyl groups is 2. The van der Waals surface area contributed by atoms with Gasteiger partial charge in [-0.3, -0.25) is 4.68 Å². The van der Waals surface area contributed by atoms with Gasteiger partial charge in [0.15, 0.2) is 5.03 Å². The summed E-state index contributed by atoms with van der Waals surface area (Å²) in [7, 11) is -2.19. The highest BCUT2D eigenvalue weighted by Gasteiger charge is 2.42. The molecule has 1 aliphatic heterocycles. The molecule has 1 aliphatic rings. The molecule has 0 spiro atoms. The van der Waals surface area contributed by atoms with Crippen molar-refractivity contribution in [3.05, 3.63) is 10.7 Å². The second-order valence-electron chi connectivity index (χ2n) is 4.39. The Morgan fingerprint density at radius 2 is 2.28 bits per heavy atom. The molecule has 0 radical (unpaired) electrons. The van der Waals surface area contributed by atoms with E-state index >= 15 is 0 Å². The highest BCUT2D eigenvalue weighted by Crippen LogP contribution is 2.29. The van der Waals surface area contributed by atoms with Crippen molar-refractivity contribution in [1.29, 1.82) is 0 Å². The zero-order chi connectivity index (χ0) is 13.6. The predicted molar refractivity (Wildman–Crippen MR) is 66.3 cm³/mol. The number of rotatable bonds is 3. The number of nitrogens with zero attached hydrogens (tertiary/aromatic N) is 3. The van der Waals surface area contributed by atoms with Crippen LogP contribution in [0.25, 0.3) is 0 Å². The first-order chi connectivity index (χ1) is 8.30. The molecule has 1 aromatic heterocycles. The number of halogens is 1. The monoisotopic (exact) mass is 339 g/mol. The SMILES string of the molecule is Cn1ncc(Br)c1S(=O)(=O)N1CCC(O)(CO)C1. The van der Waals surface area contributed by atoms with Crippen molar-refractivity contribution in [1.82, 2.24) is 14.1 Å². The van der Waals surface area contributed by atoms with E-state index in [0.717, 1.165) is 4.31 Å². The third kappa shape index (κ3) is 2.21. The van der Waals surface area contributed by atoms with Crippen molar-refractivity contribution in [2.45, 2.75) is 17.0 Å². The third-order valence-corrected chi connectivity index (χ3v) is 5.83. The maximum Gasteiger partial charge on any atom is 0.261 e. The van der Waals surface area contributed by atoms with E-state index < -0.39 is 22.2 Å². The topological polar surface area (TPSA) is 95.7 Å². The molecule has 1 aromatic rings. The van der Waals surface area contributed by atoms with Gasteiger partial charge in [0.25, 0.3) is 10.0 Å². The van der Waals surface area contributed by atoms with Gasteiger partial charge in [-0.2, -0.15) is 9.40 Å². The van der Waals surface area contributed by atoms with Gasteiger partial charge >= 0.3 is 0 Å². The Morgan fingerprint density at radius 3 is 2.72 bits per heavy atom. The second-order valence-corrected chi connectivity index (χ2v) is 7.10. The van der Waals surface area contributed by atoms with Crippen molar-refractivity contribution in [2.24, 2.45) is 7.05 Å². The predicted octanol–water partition coefficient (Wildman–Crippen LogP) is -0.700. The van der Waals surface area contributed by atoms with Crippen LogP contribution in [0.4, 0.5) is 0 Å². The van der Waals surface area contributed by atoms with Gasteiger partial charge in [-0.1, -0.05) is 0 Å². The average molecular weight is 340 g/mol. The number of aliphatic hydroxyl groups excluding tert-OH is 1. The second kappa shape index (κ2) is 4.57. The number of aryl methyl sites for hydroxylation is 1. The Kier molecular flexibility index (Phi) is 3.54. The molecule has 0 aliphatic carbocycles. The first-order valence-corrected chi connectivity index (χ1v) is 7.54. The summed E-state index contributed by atoms with van der Waals surface area (Å²) in [6.45, 7) is -0.383. The lowest BCUT2D eigenvalue weighted by molar-refractivity contribution is -0.000755. The number of β-amino-alcohol motifs (C(OH)–C–C–N with tert-alkyl or cyclic N) is 1. The van der Waals surface area contributed by atoms with E-state index in [-0.39, 0.29) is 24.5 Å². The number of aromatic nitrogens is 2. The number of hydrogen-bond acceptors (Lipinski definition) is 5. The van der Waals surface area contributed by atoms with Crippen LogP contribution in [0.3, 0.4) is 0 Å². The van der Waals surface area contributed by atoms with E-state index in [1.165, 1.54) is 17.9 Å². The molecule has 2 rings (SSSR count). The maximum absolute atomic E-state index is 12.4. The van der Waals surface area contributed by atoms with Crippen LogP contribution in [-0.2, 0) is 17.1 Å². The molecule has 102 valence electrons. The standard InChI is InChI=1S/C9H14BrN3O4S/c1-12-8(7(10)4-11-12)18(16,17)13-3-2-9(15,5-13)6-14/h4,14-15H,2-3,5-6H2,1H3. The van der Waals surface area contributed by atoms with Gasteiger partial charge in [0.1, 0.15) is 5.60 Å². The van der Waals surface area contributed by atoms with E-state index in [1.807, 2.05) is 0 Å². The summed E-state index contributed by atoms with van der Waals surface area (Å²) in [5, 5.41) is 22.8. The van der Waals surface area contributed by atoms with E-state index in [2.05, 4.69) is 21.0 Å². The van der Waals surface area contributed by atoms with Crippen LogP contribution < -0.4 is 0 Å². The zero-order valence-corrected chi connectivity index (χ0v) is 12.1. The summed E-state index contributed by atoms with van der Waals surface area (Å²) in [4.78, 5) is 0. The lowest BCUT2D eigenvalue weighted by atomic mass is 10.1. The molecule has 0 bridgehead atoms. The van der Waals surface area contributed by atoms with Gasteiger partial charge in [0, 0.05) is 20.1 Å². The molecule has 2 heterocycles. The summed E-state index contributed by atoms with van der Waals surface area (Å²) in [5.41, 5.74) is -1.35. The molecule has 1 atom stereocenters. The van der Waals surface area contributed by atoms with Crippen molar-refractivity contribution in [2.75, 3.05) is 19.7 Å². The van der Waals surface area contributed by atoms with Gasteiger partial charge in [-0.25, -0.2) is 8.42 Å². The van der Waals surface area contributed by atoms with Crippen LogP contribution in [0.15, 0.2) is 15.7 Å². The van der Waals surface area contributed by atoms with Crippen LogP contribution in [0.1, 0.15) is 6.42 Å². The summed E-state index contributed by atoms with van der Waals surface area (Å²) in [6, 6.07) is 0. The quantitative estimate of drug-likeness (QED) is 0.759. The third-order valence-electron chi connectivity index (χ3n) is 3.02. The van der Waals surface area contributed by atoms with E-state index in [0.29, 0.717) is 4.47 Å². The fourth-order valence-corrected chi connectivity index (χ4v) is 4.59. The number of sulfonamides is 1. The van der Waals surface area contributed by atoms with Crippen LogP contribution in [0, 0.1) is 0 Å². The smallest absolute Gasteiger partial charge is 0.261 e.